The minimum absolute atomic E-state index is 0.207. The van der Waals surface area contributed by atoms with Gasteiger partial charge in [0.05, 0.1) is 0 Å². The molecule has 1 aromatic carbocycles. The molecule has 5 nitrogen and oxygen atoms in total. The smallest absolute Gasteiger partial charge is 0.223 e. The number of guanidine groups is 1. The van der Waals surface area contributed by atoms with Crippen molar-refractivity contribution in [1.82, 2.24) is 16.0 Å². The van der Waals surface area contributed by atoms with Gasteiger partial charge in [0.25, 0.3) is 0 Å². The molecule has 0 spiro atoms. The van der Waals surface area contributed by atoms with Gasteiger partial charge in [-0.15, -0.1) is 0 Å². The van der Waals surface area contributed by atoms with Gasteiger partial charge in [0.15, 0.2) is 5.96 Å². The highest BCUT2D eigenvalue weighted by molar-refractivity contribution is 5.80. The number of carbonyl (C=O) groups excluding carboxylic acids is 1. The van der Waals surface area contributed by atoms with Gasteiger partial charge in [0, 0.05) is 32.6 Å². The highest BCUT2D eigenvalue weighted by atomic mass is 16.1. The standard InChI is InChI=1S/C18H28N4O/c1-19-18(22-14-15-8-4-2-5-9-15)21-13-12-20-17(23)16-10-6-3-7-11-16/h2,4-5,8-9,16H,3,6-7,10-14H2,1H3,(H,20,23)(H2,19,21,22). The topological polar surface area (TPSA) is 65.5 Å². The summed E-state index contributed by atoms with van der Waals surface area (Å²) in [7, 11) is 1.75. The van der Waals surface area contributed by atoms with E-state index in [1.54, 1.807) is 7.05 Å². The zero-order chi connectivity index (χ0) is 16.3. The number of nitrogens with one attached hydrogen (secondary N) is 3. The van der Waals surface area contributed by atoms with Gasteiger partial charge in [-0.05, 0) is 18.4 Å². The van der Waals surface area contributed by atoms with Crippen LogP contribution in [0.4, 0.5) is 0 Å². The van der Waals surface area contributed by atoms with Crippen LogP contribution < -0.4 is 16.0 Å². The molecule has 1 aliphatic rings. The molecule has 0 radical (unpaired) electrons. The molecule has 0 unspecified atom stereocenters. The van der Waals surface area contributed by atoms with Crippen molar-refractivity contribution in [3.63, 3.8) is 0 Å². The van der Waals surface area contributed by atoms with Gasteiger partial charge in [0.1, 0.15) is 0 Å². The Bertz CT molecular complexity index is 495. The van der Waals surface area contributed by atoms with E-state index in [9.17, 15) is 4.79 Å². The first-order valence-corrected chi connectivity index (χ1v) is 8.56. The van der Waals surface area contributed by atoms with Crippen LogP contribution in [0.1, 0.15) is 37.7 Å². The lowest BCUT2D eigenvalue weighted by Gasteiger charge is -2.21. The van der Waals surface area contributed by atoms with Gasteiger partial charge in [-0.3, -0.25) is 9.79 Å². The van der Waals surface area contributed by atoms with E-state index in [2.05, 4.69) is 33.1 Å². The summed E-state index contributed by atoms with van der Waals surface area (Å²) < 4.78 is 0. The van der Waals surface area contributed by atoms with Crippen LogP contribution in [-0.4, -0.2) is 32.0 Å². The molecule has 2 rings (SSSR count). The Balaban J connectivity index is 1.61. The third-order valence-electron chi connectivity index (χ3n) is 4.22. The highest BCUT2D eigenvalue weighted by Gasteiger charge is 2.20. The first kappa shape index (κ1) is 17.3. The molecule has 23 heavy (non-hydrogen) atoms. The van der Waals surface area contributed by atoms with E-state index in [-0.39, 0.29) is 11.8 Å². The summed E-state index contributed by atoms with van der Waals surface area (Å²) in [6.07, 6.45) is 5.73. The second-order valence-electron chi connectivity index (χ2n) is 5.96. The summed E-state index contributed by atoms with van der Waals surface area (Å²) >= 11 is 0. The molecule has 5 heteroatoms. The number of carbonyl (C=O) groups is 1. The molecule has 3 N–H and O–H groups in total. The van der Waals surface area contributed by atoms with Crippen molar-refractivity contribution in [2.45, 2.75) is 38.6 Å². The fraction of sp³-hybridized carbons (Fsp3) is 0.556. The third kappa shape index (κ3) is 6.30. The van der Waals surface area contributed by atoms with E-state index in [1.807, 2.05) is 18.2 Å². The van der Waals surface area contributed by atoms with E-state index >= 15 is 0 Å². The Labute approximate surface area is 139 Å². The average Bonchev–Trinajstić information content (AvgIpc) is 2.62. The minimum atomic E-state index is 0.207. The predicted octanol–water partition coefficient (Wildman–Crippen LogP) is 2.05. The minimum Gasteiger partial charge on any atom is -0.355 e. The third-order valence-corrected chi connectivity index (χ3v) is 4.22. The first-order valence-electron chi connectivity index (χ1n) is 8.56. The molecule has 126 valence electrons. The maximum Gasteiger partial charge on any atom is 0.223 e. The Morgan fingerprint density at radius 3 is 2.43 bits per heavy atom. The van der Waals surface area contributed by atoms with E-state index in [1.165, 1.54) is 24.8 Å². The SMILES string of the molecule is CN=C(NCCNC(=O)C1CCCCC1)NCc1ccccc1. The van der Waals surface area contributed by atoms with Crippen LogP contribution in [-0.2, 0) is 11.3 Å². The number of benzene rings is 1. The number of hydrogen-bond donors (Lipinski definition) is 3. The second kappa shape index (κ2) is 9.87. The first-order chi connectivity index (χ1) is 11.3. The van der Waals surface area contributed by atoms with E-state index < -0.39 is 0 Å². The highest BCUT2D eigenvalue weighted by Crippen LogP contribution is 2.23. The van der Waals surface area contributed by atoms with Crippen LogP contribution in [0.2, 0.25) is 0 Å². The van der Waals surface area contributed by atoms with Crippen LogP contribution in [0.3, 0.4) is 0 Å². The molecule has 0 saturated heterocycles. The van der Waals surface area contributed by atoms with Gasteiger partial charge in [-0.2, -0.15) is 0 Å². The molecule has 1 aromatic rings. The molecule has 0 aromatic heterocycles. The van der Waals surface area contributed by atoms with Gasteiger partial charge >= 0.3 is 0 Å². The zero-order valence-corrected chi connectivity index (χ0v) is 14.0. The summed E-state index contributed by atoms with van der Waals surface area (Å²) in [6, 6.07) is 10.2. The Kier molecular flexibility index (Phi) is 7.43. The largest absolute Gasteiger partial charge is 0.355 e. The lowest BCUT2D eigenvalue weighted by atomic mass is 9.89. The van der Waals surface area contributed by atoms with Crippen LogP contribution in [0.15, 0.2) is 35.3 Å². The summed E-state index contributed by atoms with van der Waals surface area (Å²) in [4.78, 5) is 16.2. The molecule has 0 bridgehead atoms. The van der Waals surface area contributed by atoms with Crippen molar-refractivity contribution in [1.29, 1.82) is 0 Å². The number of nitrogens with zero attached hydrogens (tertiary/aromatic N) is 1. The van der Waals surface area contributed by atoms with Crippen LogP contribution in [0.5, 0.6) is 0 Å². The van der Waals surface area contributed by atoms with Crippen molar-refractivity contribution in [3.8, 4) is 0 Å². The monoisotopic (exact) mass is 316 g/mol. The number of aliphatic imine (C=N–C) groups is 1. The van der Waals surface area contributed by atoms with Gasteiger partial charge in [0.2, 0.25) is 5.91 Å². The molecular formula is C18H28N4O. The number of hydrogen-bond acceptors (Lipinski definition) is 2. The van der Waals surface area contributed by atoms with Gasteiger partial charge in [-0.1, -0.05) is 49.6 Å². The quantitative estimate of drug-likeness (QED) is 0.427. The second-order valence-corrected chi connectivity index (χ2v) is 5.96. The fourth-order valence-corrected chi connectivity index (χ4v) is 2.88. The fourth-order valence-electron chi connectivity index (χ4n) is 2.88. The maximum atomic E-state index is 12.0. The van der Waals surface area contributed by atoms with Crippen LogP contribution in [0, 0.1) is 5.92 Å². The average molecular weight is 316 g/mol. The Morgan fingerprint density at radius 2 is 1.74 bits per heavy atom. The molecule has 1 fully saturated rings. The van der Waals surface area contributed by atoms with Crippen molar-refractivity contribution in [3.05, 3.63) is 35.9 Å². The van der Waals surface area contributed by atoms with E-state index in [4.69, 9.17) is 0 Å². The summed E-state index contributed by atoms with van der Waals surface area (Å²) in [5.41, 5.74) is 1.21. The van der Waals surface area contributed by atoms with E-state index in [0.717, 1.165) is 25.3 Å². The van der Waals surface area contributed by atoms with Crippen molar-refractivity contribution >= 4 is 11.9 Å². The number of amides is 1. The lowest BCUT2D eigenvalue weighted by Crippen LogP contribution is -2.42. The van der Waals surface area contributed by atoms with Crippen molar-refractivity contribution < 1.29 is 4.79 Å². The number of rotatable bonds is 6. The molecule has 1 saturated carbocycles. The lowest BCUT2D eigenvalue weighted by molar-refractivity contribution is -0.125. The molecule has 0 atom stereocenters. The molecule has 0 heterocycles. The van der Waals surface area contributed by atoms with Crippen LogP contribution >= 0.6 is 0 Å². The Hall–Kier alpha value is -2.04. The van der Waals surface area contributed by atoms with Gasteiger partial charge in [-0.25, -0.2) is 0 Å². The Morgan fingerprint density at radius 1 is 1.04 bits per heavy atom. The maximum absolute atomic E-state index is 12.0. The molecule has 1 aliphatic carbocycles. The van der Waals surface area contributed by atoms with E-state index in [0.29, 0.717) is 13.1 Å². The normalized spacial score (nSPS) is 16.0. The summed E-state index contributed by atoms with van der Waals surface area (Å²) in [5, 5.41) is 9.51. The van der Waals surface area contributed by atoms with Crippen LogP contribution in [0.25, 0.3) is 0 Å². The zero-order valence-electron chi connectivity index (χ0n) is 14.0. The molecular weight excluding hydrogens is 288 g/mol. The van der Waals surface area contributed by atoms with Crippen molar-refractivity contribution in [2.24, 2.45) is 10.9 Å². The molecule has 0 aliphatic heterocycles. The molecule has 1 amide bonds. The summed E-state index contributed by atoms with van der Waals surface area (Å²) in [6.45, 7) is 2.03. The van der Waals surface area contributed by atoms with Crippen molar-refractivity contribution in [2.75, 3.05) is 20.1 Å². The van der Waals surface area contributed by atoms with Gasteiger partial charge < -0.3 is 16.0 Å². The predicted molar refractivity (Wildman–Crippen MR) is 94.2 cm³/mol. The summed E-state index contributed by atoms with van der Waals surface area (Å²) in [5.74, 6) is 1.18.